The smallest absolute Gasteiger partial charge is 0.268 e. The number of aromatic nitrogens is 1. The van der Waals surface area contributed by atoms with Gasteiger partial charge in [0.2, 0.25) is 0 Å². The minimum Gasteiger partial charge on any atom is -0.457 e. The summed E-state index contributed by atoms with van der Waals surface area (Å²) in [7, 11) is 0. The van der Waals surface area contributed by atoms with Gasteiger partial charge in [-0.05, 0) is 30.3 Å². The van der Waals surface area contributed by atoms with Crippen molar-refractivity contribution in [2.45, 2.75) is 6.54 Å². The zero-order valence-corrected chi connectivity index (χ0v) is 13.9. The van der Waals surface area contributed by atoms with E-state index in [4.69, 9.17) is 10.5 Å². The second kappa shape index (κ2) is 7.94. The van der Waals surface area contributed by atoms with Crippen LogP contribution in [0.4, 0.5) is 0 Å². The van der Waals surface area contributed by atoms with Gasteiger partial charge in [0.1, 0.15) is 17.2 Å². The number of nitrogens with one attached hydrogen (secondary N) is 1. The van der Waals surface area contributed by atoms with Gasteiger partial charge in [-0.1, -0.05) is 36.4 Å². The highest BCUT2D eigenvalue weighted by Crippen LogP contribution is 2.25. The molecule has 0 aliphatic carbocycles. The molecule has 0 radical (unpaired) electrons. The fraction of sp³-hybridized carbons (Fsp3) is 0.0500. The highest BCUT2D eigenvalue weighted by atomic mass is 16.5. The maximum Gasteiger partial charge on any atom is 0.268 e. The first kappa shape index (κ1) is 17.2. The van der Waals surface area contributed by atoms with Crippen molar-refractivity contribution in [1.82, 2.24) is 10.3 Å². The van der Waals surface area contributed by atoms with Gasteiger partial charge in [-0.3, -0.25) is 14.6 Å². The Bertz CT molecular complexity index is 926. The van der Waals surface area contributed by atoms with Crippen LogP contribution < -0.4 is 15.8 Å². The van der Waals surface area contributed by atoms with Crippen LogP contribution in [0.3, 0.4) is 0 Å². The second-order valence-corrected chi connectivity index (χ2v) is 5.47. The number of carbonyl (C=O) groups is 2. The topological polar surface area (TPSA) is 94.3 Å². The molecule has 0 saturated heterocycles. The number of hydrogen-bond acceptors (Lipinski definition) is 4. The maximum atomic E-state index is 12.4. The molecule has 0 fully saturated rings. The van der Waals surface area contributed by atoms with E-state index in [0.29, 0.717) is 11.5 Å². The molecule has 3 rings (SSSR count). The molecule has 0 bridgehead atoms. The van der Waals surface area contributed by atoms with Crippen molar-refractivity contribution in [3.8, 4) is 11.5 Å². The van der Waals surface area contributed by atoms with Crippen molar-refractivity contribution in [2.24, 2.45) is 5.73 Å². The molecular weight excluding hydrogens is 330 g/mol. The number of hydrogen-bond donors (Lipinski definition) is 2. The lowest BCUT2D eigenvalue weighted by atomic mass is 10.1. The number of amides is 2. The van der Waals surface area contributed by atoms with Gasteiger partial charge < -0.3 is 15.8 Å². The van der Waals surface area contributed by atoms with Crippen molar-refractivity contribution in [3.05, 3.63) is 89.7 Å². The molecule has 6 heteroatoms. The zero-order chi connectivity index (χ0) is 18.4. The Hall–Kier alpha value is -3.67. The van der Waals surface area contributed by atoms with Gasteiger partial charge in [0.25, 0.3) is 11.8 Å². The van der Waals surface area contributed by atoms with Crippen LogP contribution in [0.1, 0.15) is 26.4 Å². The summed E-state index contributed by atoms with van der Waals surface area (Å²) < 4.78 is 5.87. The molecule has 0 unspecified atom stereocenters. The predicted molar refractivity (Wildman–Crippen MR) is 96.9 cm³/mol. The van der Waals surface area contributed by atoms with E-state index in [1.807, 2.05) is 54.6 Å². The number of nitrogens with two attached hydrogens (primary N) is 1. The van der Waals surface area contributed by atoms with Crippen LogP contribution in [0.2, 0.25) is 0 Å². The number of para-hydroxylation sites is 2. The standard InChI is InChI=1S/C20H17N3O3/c21-19(24)18-16(10-6-12-22-18)20(25)23-13-14-7-4-5-11-17(14)26-15-8-2-1-3-9-15/h1-12H,13H2,(H2,21,24)(H,23,25). The molecule has 0 aliphatic rings. The highest BCUT2D eigenvalue weighted by molar-refractivity contribution is 6.05. The average molecular weight is 347 g/mol. The molecule has 3 aromatic rings. The maximum absolute atomic E-state index is 12.4. The lowest BCUT2D eigenvalue weighted by Crippen LogP contribution is -2.27. The third kappa shape index (κ3) is 4.05. The van der Waals surface area contributed by atoms with E-state index >= 15 is 0 Å². The van der Waals surface area contributed by atoms with E-state index in [0.717, 1.165) is 5.56 Å². The lowest BCUT2D eigenvalue weighted by Gasteiger charge is -2.12. The number of rotatable bonds is 6. The van der Waals surface area contributed by atoms with Gasteiger partial charge in [0, 0.05) is 18.3 Å². The van der Waals surface area contributed by atoms with Crippen LogP contribution >= 0.6 is 0 Å². The van der Waals surface area contributed by atoms with E-state index in [2.05, 4.69) is 10.3 Å². The highest BCUT2D eigenvalue weighted by Gasteiger charge is 2.16. The summed E-state index contributed by atoms with van der Waals surface area (Å²) in [6.07, 6.45) is 1.42. The van der Waals surface area contributed by atoms with Crippen molar-refractivity contribution in [3.63, 3.8) is 0 Å². The molecule has 0 saturated carbocycles. The Morgan fingerprint density at radius 2 is 1.69 bits per heavy atom. The summed E-state index contributed by atoms with van der Waals surface area (Å²) in [4.78, 5) is 27.7. The van der Waals surface area contributed by atoms with Crippen LogP contribution in [0.5, 0.6) is 11.5 Å². The number of primary amides is 1. The first-order chi connectivity index (χ1) is 12.6. The van der Waals surface area contributed by atoms with E-state index in [-0.39, 0.29) is 17.8 Å². The van der Waals surface area contributed by atoms with Gasteiger partial charge in [-0.25, -0.2) is 0 Å². The zero-order valence-electron chi connectivity index (χ0n) is 13.9. The van der Waals surface area contributed by atoms with Crippen LogP contribution in [0, 0.1) is 0 Å². The van der Waals surface area contributed by atoms with Crippen molar-refractivity contribution in [2.75, 3.05) is 0 Å². The normalized spacial score (nSPS) is 10.2. The summed E-state index contributed by atoms with van der Waals surface area (Å²) in [6.45, 7) is 0.231. The molecule has 1 aromatic heterocycles. The van der Waals surface area contributed by atoms with E-state index < -0.39 is 11.8 Å². The summed E-state index contributed by atoms with van der Waals surface area (Å²) >= 11 is 0. The Morgan fingerprint density at radius 1 is 0.962 bits per heavy atom. The molecule has 130 valence electrons. The summed E-state index contributed by atoms with van der Waals surface area (Å²) in [5, 5.41) is 2.77. The largest absolute Gasteiger partial charge is 0.457 e. The number of carbonyl (C=O) groups excluding carboxylic acids is 2. The monoisotopic (exact) mass is 347 g/mol. The fourth-order valence-corrected chi connectivity index (χ4v) is 2.42. The van der Waals surface area contributed by atoms with Crippen molar-refractivity contribution in [1.29, 1.82) is 0 Å². The SMILES string of the molecule is NC(=O)c1ncccc1C(=O)NCc1ccccc1Oc1ccccc1. The Labute approximate surface area is 150 Å². The number of ether oxygens (including phenoxy) is 1. The van der Waals surface area contributed by atoms with Gasteiger partial charge in [0.05, 0.1) is 5.56 Å². The molecule has 0 spiro atoms. The average Bonchev–Trinajstić information content (AvgIpc) is 2.68. The van der Waals surface area contributed by atoms with Crippen molar-refractivity contribution < 1.29 is 14.3 Å². The predicted octanol–water partition coefficient (Wildman–Crippen LogP) is 2.90. The van der Waals surface area contributed by atoms with Gasteiger partial charge in [-0.15, -0.1) is 0 Å². The summed E-state index contributed by atoms with van der Waals surface area (Å²) in [6, 6.07) is 19.9. The molecule has 2 amide bonds. The Morgan fingerprint density at radius 3 is 2.46 bits per heavy atom. The third-order valence-corrected chi connectivity index (χ3v) is 3.67. The van der Waals surface area contributed by atoms with Gasteiger partial charge in [0.15, 0.2) is 0 Å². The fourth-order valence-electron chi connectivity index (χ4n) is 2.42. The lowest BCUT2D eigenvalue weighted by molar-refractivity contribution is 0.0931. The first-order valence-corrected chi connectivity index (χ1v) is 7.99. The van der Waals surface area contributed by atoms with Crippen LogP contribution in [-0.4, -0.2) is 16.8 Å². The molecule has 0 aliphatic heterocycles. The molecule has 2 aromatic carbocycles. The Balaban J connectivity index is 1.74. The third-order valence-electron chi connectivity index (χ3n) is 3.67. The number of nitrogens with zero attached hydrogens (tertiary/aromatic N) is 1. The van der Waals surface area contributed by atoms with Crippen LogP contribution in [-0.2, 0) is 6.54 Å². The van der Waals surface area contributed by atoms with Crippen LogP contribution in [0.15, 0.2) is 72.9 Å². The molecule has 26 heavy (non-hydrogen) atoms. The molecular formula is C20H17N3O3. The van der Waals surface area contributed by atoms with Crippen molar-refractivity contribution >= 4 is 11.8 Å². The molecule has 1 heterocycles. The number of pyridine rings is 1. The number of benzene rings is 2. The summed E-state index contributed by atoms with van der Waals surface area (Å²) in [5.74, 6) is 0.167. The molecule has 3 N–H and O–H groups in total. The van der Waals surface area contributed by atoms with Gasteiger partial charge in [-0.2, -0.15) is 0 Å². The van der Waals surface area contributed by atoms with E-state index in [1.165, 1.54) is 12.3 Å². The van der Waals surface area contributed by atoms with E-state index in [9.17, 15) is 9.59 Å². The molecule has 0 atom stereocenters. The van der Waals surface area contributed by atoms with Crippen LogP contribution in [0.25, 0.3) is 0 Å². The molecule has 6 nitrogen and oxygen atoms in total. The van der Waals surface area contributed by atoms with Gasteiger partial charge >= 0.3 is 0 Å². The minimum atomic E-state index is -0.747. The minimum absolute atomic E-state index is 0.0566. The first-order valence-electron chi connectivity index (χ1n) is 7.99. The summed E-state index contributed by atoms with van der Waals surface area (Å²) in [5.41, 5.74) is 6.15. The van der Waals surface area contributed by atoms with E-state index in [1.54, 1.807) is 6.07 Å². The quantitative estimate of drug-likeness (QED) is 0.717. The second-order valence-electron chi connectivity index (χ2n) is 5.47. The Kier molecular flexibility index (Phi) is 5.24.